The Kier molecular flexibility index (Phi) is 7.61. The largest absolute Gasteiger partial charge is 0.444 e. The minimum Gasteiger partial charge on any atom is -0.444 e. The third-order valence-corrected chi connectivity index (χ3v) is 3.22. The molecule has 124 valence electrons. The first-order valence-corrected chi connectivity index (χ1v) is 7.56. The number of benzene rings is 1. The van der Waals surface area contributed by atoms with Gasteiger partial charge in [-0.25, -0.2) is 14.5 Å². The maximum Gasteiger partial charge on any atom is 0.418 e. The Bertz CT molecular complexity index is 552. The smallest absolute Gasteiger partial charge is 0.418 e. The van der Waals surface area contributed by atoms with Crippen LogP contribution in [0.2, 0.25) is 0 Å². The molecule has 0 radical (unpaired) electrons. The molecule has 0 aliphatic heterocycles. The maximum absolute atomic E-state index is 12.3. The molecule has 0 aromatic heterocycles. The van der Waals surface area contributed by atoms with Crippen LogP contribution in [0.25, 0.3) is 0 Å². The Morgan fingerprint density at radius 1 is 1.26 bits per heavy atom. The summed E-state index contributed by atoms with van der Waals surface area (Å²) >= 11 is 0. The molecule has 1 rings (SSSR count). The van der Waals surface area contributed by atoms with Crippen molar-refractivity contribution in [2.24, 2.45) is 5.92 Å². The lowest BCUT2D eigenvalue weighted by molar-refractivity contribution is 0.0952. The molecule has 0 bridgehead atoms. The second-order valence-corrected chi connectivity index (χ2v) is 5.67. The van der Waals surface area contributed by atoms with Gasteiger partial charge in [-0.1, -0.05) is 44.2 Å². The summed E-state index contributed by atoms with van der Waals surface area (Å²) < 4.78 is 5.23. The number of urea groups is 1. The summed E-state index contributed by atoms with van der Waals surface area (Å²) in [6, 6.07) is 10.6. The third-order valence-electron chi connectivity index (χ3n) is 3.22. The van der Waals surface area contributed by atoms with Crippen LogP contribution in [0.4, 0.5) is 9.59 Å². The minimum absolute atomic E-state index is 0.0804. The van der Waals surface area contributed by atoms with Gasteiger partial charge >= 0.3 is 12.1 Å². The van der Waals surface area contributed by atoms with E-state index in [-0.39, 0.29) is 19.7 Å². The lowest BCUT2D eigenvalue weighted by Crippen LogP contribution is -2.45. The summed E-state index contributed by atoms with van der Waals surface area (Å²) in [5.41, 5.74) is 0.850. The van der Waals surface area contributed by atoms with Gasteiger partial charge in [0.1, 0.15) is 13.2 Å². The van der Waals surface area contributed by atoms with Crippen LogP contribution in [0.1, 0.15) is 25.8 Å². The fraction of sp³-hybridized carbons (Fsp3) is 0.471. The van der Waals surface area contributed by atoms with E-state index < -0.39 is 12.1 Å². The number of carbonyl (C=O) groups is 2. The van der Waals surface area contributed by atoms with Crippen molar-refractivity contribution < 1.29 is 14.3 Å². The molecule has 23 heavy (non-hydrogen) atoms. The van der Waals surface area contributed by atoms with Crippen LogP contribution in [0.5, 0.6) is 0 Å². The first-order valence-electron chi connectivity index (χ1n) is 7.56. The van der Waals surface area contributed by atoms with E-state index in [1.807, 2.05) is 50.2 Å². The van der Waals surface area contributed by atoms with Crippen LogP contribution in [0.15, 0.2) is 30.3 Å². The van der Waals surface area contributed by atoms with Crippen molar-refractivity contribution in [3.63, 3.8) is 0 Å². The molecule has 0 heterocycles. The molecule has 0 aliphatic carbocycles. The summed E-state index contributed by atoms with van der Waals surface area (Å²) in [5, 5.41) is 8.70. The summed E-state index contributed by atoms with van der Waals surface area (Å²) in [6.07, 6.45) is -0.0173. The molecular weight excluding hydrogens is 294 g/mol. The van der Waals surface area contributed by atoms with Gasteiger partial charge in [-0.05, 0) is 17.9 Å². The van der Waals surface area contributed by atoms with E-state index in [1.165, 1.54) is 11.9 Å². The van der Waals surface area contributed by atoms with E-state index in [0.717, 1.165) is 10.5 Å². The summed E-state index contributed by atoms with van der Waals surface area (Å²) in [6.45, 7) is 4.31. The van der Waals surface area contributed by atoms with Crippen LogP contribution in [0.3, 0.4) is 0 Å². The summed E-state index contributed by atoms with van der Waals surface area (Å²) in [5.74, 6) is 0.341. The Balaban J connectivity index is 2.71. The van der Waals surface area contributed by atoms with Crippen molar-refractivity contribution in [2.75, 3.05) is 20.1 Å². The predicted molar refractivity (Wildman–Crippen MR) is 86.4 cm³/mol. The monoisotopic (exact) mass is 317 g/mol. The quantitative estimate of drug-likeness (QED) is 0.755. The molecule has 6 nitrogen and oxygen atoms in total. The second kappa shape index (κ2) is 9.46. The number of ether oxygens (including phenoxy) is 1. The predicted octanol–water partition coefficient (Wildman–Crippen LogP) is 3.25. The van der Waals surface area contributed by atoms with Gasteiger partial charge in [-0.3, -0.25) is 0 Å². The van der Waals surface area contributed by atoms with Gasteiger partial charge in [0, 0.05) is 13.6 Å². The van der Waals surface area contributed by atoms with Gasteiger partial charge in [-0.2, -0.15) is 5.26 Å². The molecule has 1 aromatic rings. The van der Waals surface area contributed by atoms with Crippen LogP contribution in [-0.4, -0.2) is 42.1 Å². The number of carbonyl (C=O) groups excluding carboxylic acids is 2. The number of nitrogens with zero attached hydrogens (tertiary/aromatic N) is 3. The molecule has 1 aromatic carbocycles. The molecule has 0 N–H and O–H groups in total. The zero-order chi connectivity index (χ0) is 17.2. The highest BCUT2D eigenvalue weighted by Crippen LogP contribution is 2.09. The number of hydrogen-bond acceptors (Lipinski definition) is 4. The van der Waals surface area contributed by atoms with Crippen molar-refractivity contribution >= 4 is 12.1 Å². The lowest BCUT2D eigenvalue weighted by atomic mass is 10.1. The second-order valence-electron chi connectivity index (χ2n) is 5.67. The first-order chi connectivity index (χ1) is 11.0. The fourth-order valence-electron chi connectivity index (χ4n) is 1.83. The standard InChI is InChI=1S/C17H23N3O3/c1-14(2)9-11-20(16(21)19(3)12-10-18)17(22)23-13-15-7-5-4-6-8-15/h4-8,14H,9,11-13H2,1-3H3. The highest BCUT2D eigenvalue weighted by Gasteiger charge is 2.25. The molecule has 0 fully saturated rings. The summed E-state index contributed by atoms with van der Waals surface area (Å²) in [4.78, 5) is 26.8. The van der Waals surface area contributed by atoms with Gasteiger partial charge < -0.3 is 9.64 Å². The minimum atomic E-state index is -0.690. The van der Waals surface area contributed by atoms with Crippen molar-refractivity contribution in [3.8, 4) is 6.07 Å². The SMILES string of the molecule is CC(C)CCN(C(=O)OCc1ccccc1)C(=O)N(C)CC#N. The third kappa shape index (κ3) is 6.39. The molecule has 0 atom stereocenters. The number of amides is 3. The van der Waals surface area contributed by atoms with Gasteiger partial charge in [0.25, 0.3) is 0 Å². The van der Waals surface area contributed by atoms with Gasteiger partial charge in [0.05, 0.1) is 6.07 Å². The average Bonchev–Trinajstić information content (AvgIpc) is 2.53. The van der Waals surface area contributed by atoms with Gasteiger partial charge in [0.15, 0.2) is 0 Å². The Morgan fingerprint density at radius 2 is 1.91 bits per heavy atom. The van der Waals surface area contributed by atoms with Gasteiger partial charge in [-0.15, -0.1) is 0 Å². The molecule has 0 unspecified atom stereocenters. The molecule has 0 spiro atoms. The maximum atomic E-state index is 12.3. The molecule has 6 heteroatoms. The molecule has 0 saturated heterocycles. The number of imide groups is 1. The van der Waals surface area contributed by atoms with E-state index in [1.54, 1.807) is 0 Å². The van der Waals surface area contributed by atoms with Gasteiger partial charge in [0.2, 0.25) is 0 Å². The fourth-order valence-corrected chi connectivity index (χ4v) is 1.83. The van der Waals surface area contributed by atoms with E-state index in [0.29, 0.717) is 12.3 Å². The average molecular weight is 317 g/mol. The molecule has 0 aliphatic rings. The zero-order valence-electron chi connectivity index (χ0n) is 13.9. The van der Waals surface area contributed by atoms with Crippen LogP contribution in [0, 0.1) is 17.2 Å². The van der Waals surface area contributed by atoms with Crippen LogP contribution in [-0.2, 0) is 11.3 Å². The number of rotatable bonds is 6. The van der Waals surface area contributed by atoms with E-state index in [2.05, 4.69) is 0 Å². The van der Waals surface area contributed by atoms with Crippen LogP contribution >= 0.6 is 0 Å². The topological polar surface area (TPSA) is 73.6 Å². The van der Waals surface area contributed by atoms with Crippen molar-refractivity contribution in [1.82, 2.24) is 9.80 Å². The highest BCUT2D eigenvalue weighted by atomic mass is 16.6. The zero-order valence-corrected chi connectivity index (χ0v) is 13.9. The Labute approximate surface area is 137 Å². The van der Waals surface area contributed by atoms with Crippen molar-refractivity contribution in [2.45, 2.75) is 26.9 Å². The van der Waals surface area contributed by atoms with Crippen molar-refractivity contribution in [1.29, 1.82) is 5.26 Å². The number of nitriles is 1. The molecular formula is C17H23N3O3. The number of hydrogen-bond donors (Lipinski definition) is 0. The molecule has 0 saturated carbocycles. The van der Waals surface area contributed by atoms with E-state index >= 15 is 0 Å². The van der Waals surface area contributed by atoms with Crippen LogP contribution < -0.4 is 0 Å². The summed E-state index contributed by atoms with van der Waals surface area (Å²) in [7, 11) is 1.48. The normalized spacial score (nSPS) is 10.0. The molecule has 3 amide bonds. The van der Waals surface area contributed by atoms with E-state index in [9.17, 15) is 9.59 Å². The first kappa shape index (κ1) is 18.5. The van der Waals surface area contributed by atoms with E-state index in [4.69, 9.17) is 10.00 Å². The Hall–Kier alpha value is -2.55. The van der Waals surface area contributed by atoms with Crippen molar-refractivity contribution in [3.05, 3.63) is 35.9 Å². The Morgan fingerprint density at radius 3 is 2.48 bits per heavy atom. The highest BCUT2D eigenvalue weighted by molar-refractivity contribution is 5.90. The lowest BCUT2D eigenvalue weighted by Gasteiger charge is -2.25.